The van der Waals surface area contributed by atoms with Gasteiger partial charge in [0.05, 0.1) is 0 Å². The fourth-order valence-electron chi connectivity index (χ4n) is 2.17. The second-order valence-electron chi connectivity index (χ2n) is 4.16. The van der Waals surface area contributed by atoms with E-state index < -0.39 is 0 Å². The summed E-state index contributed by atoms with van der Waals surface area (Å²) < 4.78 is 0. The second kappa shape index (κ2) is 4.58. The summed E-state index contributed by atoms with van der Waals surface area (Å²) in [7, 11) is 0. The number of anilines is 1. The number of aromatic nitrogens is 3. The van der Waals surface area contributed by atoms with Gasteiger partial charge in [-0.15, -0.1) is 0 Å². The molecule has 0 aliphatic carbocycles. The summed E-state index contributed by atoms with van der Waals surface area (Å²) in [5.41, 5.74) is 3.00. The van der Waals surface area contributed by atoms with E-state index in [0.29, 0.717) is 11.5 Å². The Morgan fingerprint density at radius 1 is 1.39 bits per heavy atom. The molecule has 0 radical (unpaired) electrons. The Morgan fingerprint density at radius 2 is 2.33 bits per heavy atom. The molecule has 3 N–H and O–H groups in total. The summed E-state index contributed by atoms with van der Waals surface area (Å²) in [6.07, 6.45) is 2.32. The lowest BCUT2D eigenvalue weighted by Gasteiger charge is -2.19. The van der Waals surface area contributed by atoms with Crippen molar-refractivity contribution in [3.63, 3.8) is 0 Å². The van der Waals surface area contributed by atoms with E-state index in [1.165, 1.54) is 11.9 Å². The van der Waals surface area contributed by atoms with E-state index in [1.807, 2.05) is 12.1 Å². The summed E-state index contributed by atoms with van der Waals surface area (Å²) in [6.45, 7) is 1.69. The smallest absolute Gasteiger partial charge is 0.258 e. The van der Waals surface area contributed by atoms with Gasteiger partial charge in [-0.3, -0.25) is 10.1 Å². The van der Waals surface area contributed by atoms with Crippen molar-refractivity contribution in [3.8, 4) is 0 Å². The number of benzene rings is 1. The molecule has 92 valence electrons. The van der Waals surface area contributed by atoms with Crippen LogP contribution in [0.4, 0.5) is 5.95 Å². The summed E-state index contributed by atoms with van der Waals surface area (Å²) in [5.74, 6) is 0.202. The predicted molar refractivity (Wildman–Crippen MR) is 66.2 cm³/mol. The number of rotatable bonds is 2. The first-order chi connectivity index (χ1) is 8.84. The van der Waals surface area contributed by atoms with Crippen LogP contribution in [0.3, 0.4) is 0 Å². The minimum absolute atomic E-state index is 0.160. The largest absolute Gasteiger partial charge is 0.312 e. The molecule has 0 saturated heterocycles. The number of H-pyrrole nitrogens is 1. The topological polar surface area (TPSA) is 82.7 Å². The molecule has 6 nitrogen and oxygen atoms in total. The Labute approximate surface area is 104 Å². The third-order valence-corrected chi connectivity index (χ3v) is 3.04. The van der Waals surface area contributed by atoms with Crippen LogP contribution in [0.1, 0.15) is 21.5 Å². The number of nitrogens with one attached hydrogen (secondary N) is 3. The lowest BCUT2D eigenvalue weighted by molar-refractivity contribution is 0.102. The van der Waals surface area contributed by atoms with Gasteiger partial charge >= 0.3 is 0 Å². The van der Waals surface area contributed by atoms with Gasteiger partial charge in [-0.05, 0) is 30.2 Å². The average Bonchev–Trinajstić information content (AvgIpc) is 2.91. The predicted octanol–water partition coefficient (Wildman–Crippen LogP) is 0.703. The van der Waals surface area contributed by atoms with Gasteiger partial charge < -0.3 is 5.32 Å². The average molecular weight is 243 g/mol. The van der Waals surface area contributed by atoms with E-state index in [4.69, 9.17) is 0 Å². The highest BCUT2D eigenvalue weighted by Gasteiger charge is 2.17. The maximum atomic E-state index is 12.2. The van der Waals surface area contributed by atoms with Gasteiger partial charge in [-0.1, -0.05) is 12.1 Å². The SMILES string of the molecule is O=C(Nc1ncn[nH]1)c1cccc2c1CNCC2. The van der Waals surface area contributed by atoms with E-state index in [-0.39, 0.29) is 5.91 Å². The molecule has 2 aromatic rings. The van der Waals surface area contributed by atoms with Crippen molar-refractivity contribution in [3.05, 3.63) is 41.2 Å². The van der Waals surface area contributed by atoms with Crippen molar-refractivity contribution in [2.24, 2.45) is 0 Å². The first-order valence-corrected chi connectivity index (χ1v) is 5.83. The van der Waals surface area contributed by atoms with Gasteiger partial charge in [0.25, 0.3) is 5.91 Å². The first kappa shape index (κ1) is 10.9. The van der Waals surface area contributed by atoms with E-state index in [9.17, 15) is 4.79 Å². The highest BCUT2D eigenvalue weighted by atomic mass is 16.1. The van der Waals surface area contributed by atoms with E-state index in [2.05, 4.69) is 31.9 Å². The summed E-state index contributed by atoms with van der Waals surface area (Å²) in [4.78, 5) is 16.0. The summed E-state index contributed by atoms with van der Waals surface area (Å²) in [6, 6.07) is 5.82. The van der Waals surface area contributed by atoms with Gasteiger partial charge in [-0.25, -0.2) is 5.10 Å². The molecule has 0 spiro atoms. The Kier molecular flexibility index (Phi) is 2.77. The summed E-state index contributed by atoms with van der Waals surface area (Å²) in [5, 5.41) is 12.3. The summed E-state index contributed by atoms with van der Waals surface area (Å²) >= 11 is 0. The molecule has 0 atom stereocenters. The van der Waals surface area contributed by atoms with Gasteiger partial charge in [0, 0.05) is 12.1 Å². The van der Waals surface area contributed by atoms with Crippen molar-refractivity contribution < 1.29 is 4.79 Å². The van der Waals surface area contributed by atoms with Crippen LogP contribution in [0.15, 0.2) is 24.5 Å². The molecule has 1 aliphatic heterocycles. The lowest BCUT2D eigenvalue weighted by atomic mass is 9.95. The Hall–Kier alpha value is -2.21. The molecular weight excluding hydrogens is 230 g/mol. The molecule has 0 fully saturated rings. The number of hydrogen-bond acceptors (Lipinski definition) is 4. The molecule has 1 aromatic heterocycles. The minimum atomic E-state index is -0.160. The van der Waals surface area contributed by atoms with Gasteiger partial charge in [0.15, 0.2) is 0 Å². The van der Waals surface area contributed by atoms with Crippen LogP contribution in [-0.4, -0.2) is 27.6 Å². The third-order valence-electron chi connectivity index (χ3n) is 3.04. The fraction of sp³-hybridized carbons (Fsp3) is 0.250. The Bertz CT molecular complexity index is 564. The molecular formula is C12H13N5O. The zero-order valence-electron chi connectivity index (χ0n) is 9.73. The monoisotopic (exact) mass is 243 g/mol. The van der Waals surface area contributed by atoms with Crippen LogP contribution in [0.25, 0.3) is 0 Å². The van der Waals surface area contributed by atoms with Crippen LogP contribution >= 0.6 is 0 Å². The zero-order valence-corrected chi connectivity index (χ0v) is 9.73. The zero-order chi connectivity index (χ0) is 12.4. The number of carbonyl (C=O) groups excluding carboxylic acids is 1. The number of carbonyl (C=O) groups is 1. The number of fused-ring (bicyclic) bond motifs is 1. The highest BCUT2D eigenvalue weighted by Crippen LogP contribution is 2.19. The van der Waals surface area contributed by atoms with Crippen molar-refractivity contribution in [1.82, 2.24) is 20.5 Å². The molecule has 6 heteroatoms. The third kappa shape index (κ3) is 1.98. The van der Waals surface area contributed by atoms with Crippen LogP contribution < -0.4 is 10.6 Å². The minimum Gasteiger partial charge on any atom is -0.312 e. The molecule has 0 bridgehead atoms. The van der Waals surface area contributed by atoms with Crippen molar-refractivity contribution >= 4 is 11.9 Å². The standard InChI is InChI=1S/C12H13N5O/c18-11(16-12-14-7-15-17-12)9-3-1-2-8-4-5-13-6-10(8)9/h1-3,7,13H,4-6H2,(H2,14,15,16,17,18). The number of nitrogens with zero attached hydrogens (tertiary/aromatic N) is 2. The van der Waals surface area contributed by atoms with E-state index >= 15 is 0 Å². The second-order valence-corrected chi connectivity index (χ2v) is 4.16. The van der Waals surface area contributed by atoms with Crippen LogP contribution in [0.2, 0.25) is 0 Å². The molecule has 0 unspecified atom stereocenters. The van der Waals surface area contributed by atoms with Gasteiger partial charge in [0.2, 0.25) is 5.95 Å². The maximum absolute atomic E-state index is 12.2. The van der Waals surface area contributed by atoms with Gasteiger partial charge in [-0.2, -0.15) is 10.1 Å². The number of hydrogen-bond donors (Lipinski definition) is 3. The lowest BCUT2D eigenvalue weighted by Crippen LogP contribution is -2.27. The van der Waals surface area contributed by atoms with Crippen LogP contribution in [0, 0.1) is 0 Å². The normalized spacial score (nSPS) is 14.0. The van der Waals surface area contributed by atoms with Crippen LogP contribution in [-0.2, 0) is 13.0 Å². The molecule has 1 aliphatic rings. The maximum Gasteiger partial charge on any atom is 0.258 e. The van der Waals surface area contributed by atoms with Crippen molar-refractivity contribution in [2.45, 2.75) is 13.0 Å². The Morgan fingerprint density at radius 3 is 3.17 bits per heavy atom. The van der Waals surface area contributed by atoms with E-state index in [0.717, 1.165) is 25.1 Å². The Balaban J connectivity index is 1.89. The van der Waals surface area contributed by atoms with Crippen molar-refractivity contribution in [1.29, 1.82) is 0 Å². The van der Waals surface area contributed by atoms with E-state index in [1.54, 1.807) is 0 Å². The number of amides is 1. The van der Waals surface area contributed by atoms with Gasteiger partial charge in [0.1, 0.15) is 6.33 Å². The first-order valence-electron chi connectivity index (χ1n) is 5.83. The quantitative estimate of drug-likeness (QED) is 0.725. The number of aromatic amines is 1. The van der Waals surface area contributed by atoms with Crippen molar-refractivity contribution in [2.75, 3.05) is 11.9 Å². The highest BCUT2D eigenvalue weighted by molar-refractivity contribution is 6.04. The fourth-order valence-corrected chi connectivity index (χ4v) is 2.17. The molecule has 3 rings (SSSR count). The molecule has 1 amide bonds. The molecule has 1 aromatic carbocycles. The molecule has 18 heavy (non-hydrogen) atoms. The molecule has 0 saturated carbocycles. The molecule has 2 heterocycles. The van der Waals surface area contributed by atoms with Crippen LogP contribution in [0.5, 0.6) is 0 Å².